The number of hydrogen-bond donors (Lipinski definition) is 3. The summed E-state index contributed by atoms with van der Waals surface area (Å²) in [7, 11) is 0. The Hall–Kier alpha value is -2.94. The molecule has 2 fully saturated rings. The second-order valence-corrected chi connectivity index (χ2v) is 6.92. The predicted octanol–water partition coefficient (Wildman–Crippen LogP) is -1.31. The van der Waals surface area contributed by atoms with Gasteiger partial charge in [0.25, 0.3) is 5.91 Å². The van der Waals surface area contributed by atoms with Gasteiger partial charge < -0.3 is 26.2 Å². The van der Waals surface area contributed by atoms with Crippen LogP contribution in [0.15, 0.2) is 30.3 Å². The number of rotatable bonds is 4. The number of carbonyl (C=O) groups is 4. The van der Waals surface area contributed by atoms with Crippen molar-refractivity contribution in [3.05, 3.63) is 35.9 Å². The minimum atomic E-state index is -0.883. The molecule has 4 amide bonds. The number of carbonyl (C=O) groups excluding carboxylic acids is 4. The molecule has 150 valence electrons. The van der Waals surface area contributed by atoms with E-state index < -0.39 is 18.0 Å². The lowest BCUT2D eigenvalue weighted by atomic mass is 10.0. The second kappa shape index (κ2) is 8.83. The summed E-state index contributed by atoms with van der Waals surface area (Å²) in [5.74, 6) is -1.24. The van der Waals surface area contributed by atoms with Crippen molar-refractivity contribution in [1.82, 2.24) is 20.4 Å². The van der Waals surface area contributed by atoms with Crippen LogP contribution in [0.3, 0.4) is 0 Å². The van der Waals surface area contributed by atoms with Crippen molar-refractivity contribution in [2.45, 2.75) is 24.9 Å². The van der Waals surface area contributed by atoms with Crippen molar-refractivity contribution in [2.75, 3.05) is 32.7 Å². The van der Waals surface area contributed by atoms with Crippen LogP contribution in [0.2, 0.25) is 0 Å². The van der Waals surface area contributed by atoms with Crippen LogP contribution in [0, 0.1) is 0 Å². The SMILES string of the molecule is NCC(=O)N1CCN(C(=O)c2ccccc2)[C@H](C(=O)N[C@H]2CCCNC2=O)C1. The Labute approximate surface area is 163 Å². The Kier molecular flexibility index (Phi) is 6.25. The lowest BCUT2D eigenvalue weighted by molar-refractivity contribution is -0.138. The predicted molar refractivity (Wildman–Crippen MR) is 101 cm³/mol. The third-order valence-corrected chi connectivity index (χ3v) is 5.09. The number of piperidine rings is 1. The molecule has 0 aromatic heterocycles. The van der Waals surface area contributed by atoms with Crippen molar-refractivity contribution < 1.29 is 19.2 Å². The average Bonchev–Trinajstić information content (AvgIpc) is 2.74. The van der Waals surface area contributed by atoms with Gasteiger partial charge in [-0.15, -0.1) is 0 Å². The summed E-state index contributed by atoms with van der Waals surface area (Å²) in [6.45, 7) is 1.00. The largest absolute Gasteiger partial charge is 0.354 e. The van der Waals surface area contributed by atoms with Gasteiger partial charge in [0.15, 0.2) is 0 Å². The van der Waals surface area contributed by atoms with Crippen molar-refractivity contribution in [2.24, 2.45) is 5.73 Å². The van der Waals surface area contributed by atoms with E-state index in [4.69, 9.17) is 5.73 Å². The maximum atomic E-state index is 13.0. The minimum Gasteiger partial charge on any atom is -0.354 e. The van der Waals surface area contributed by atoms with E-state index in [1.807, 2.05) is 0 Å². The molecule has 1 aromatic carbocycles. The topological polar surface area (TPSA) is 125 Å². The number of nitrogens with zero attached hydrogens (tertiary/aromatic N) is 2. The third kappa shape index (κ3) is 4.30. The Morgan fingerprint density at radius 2 is 1.93 bits per heavy atom. The van der Waals surface area contributed by atoms with E-state index >= 15 is 0 Å². The van der Waals surface area contributed by atoms with Gasteiger partial charge in [0.1, 0.15) is 12.1 Å². The molecule has 2 aliphatic rings. The Bertz CT molecular complexity index is 754. The number of hydrogen-bond acceptors (Lipinski definition) is 5. The zero-order valence-electron chi connectivity index (χ0n) is 15.6. The van der Waals surface area contributed by atoms with Crippen LogP contribution in [0.4, 0.5) is 0 Å². The molecule has 2 saturated heterocycles. The standard InChI is InChI=1S/C19H25N5O4/c20-11-16(25)23-9-10-24(19(28)13-5-2-1-3-6-13)15(12-23)18(27)22-14-7-4-8-21-17(14)26/h1-3,5-6,14-15H,4,7-12,20H2,(H,21,26)(H,22,27)/t14-,15-/m0/s1. The normalized spacial score (nSPS) is 22.4. The number of piperazine rings is 1. The molecule has 0 spiro atoms. The second-order valence-electron chi connectivity index (χ2n) is 6.92. The minimum absolute atomic E-state index is 0.0504. The van der Waals surface area contributed by atoms with E-state index in [0.29, 0.717) is 25.1 Å². The molecule has 2 heterocycles. The first-order valence-corrected chi connectivity index (χ1v) is 9.43. The highest BCUT2D eigenvalue weighted by atomic mass is 16.2. The summed E-state index contributed by atoms with van der Waals surface area (Å²) in [6, 6.07) is 7.17. The van der Waals surface area contributed by atoms with Crippen molar-refractivity contribution >= 4 is 23.6 Å². The summed E-state index contributed by atoms with van der Waals surface area (Å²) in [4.78, 5) is 52.9. The van der Waals surface area contributed by atoms with Gasteiger partial charge in [-0.2, -0.15) is 0 Å². The fourth-order valence-electron chi connectivity index (χ4n) is 3.53. The number of amides is 4. The van der Waals surface area contributed by atoms with Gasteiger partial charge >= 0.3 is 0 Å². The van der Waals surface area contributed by atoms with E-state index in [1.165, 1.54) is 9.80 Å². The van der Waals surface area contributed by atoms with E-state index in [1.54, 1.807) is 30.3 Å². The van der Waals surface area contributed by atoms with Gasteiger partial charge in [0.05, 0.1) is 13.1 Å². The smallest absolute Gasteiger partial charge is 0.254 e. The maximum absolute atomic E-state index is 13.0. The highest BCUT2D eigenvalue weighted by Gasteiger charge is 2.38. The molecule has 0 aliphatic carbocycles. The van der Waals surface area contributed by atoms with Crippen LogP contribution >= 0.6 is 0 Å². The summed E-state index contributed by atoms with van der Waals surface area (Å²) in [5, 5.41) is 5.46. The molecule has 0 bridgehead atoms. The van der Waals surface area contributed by atoms with Crippen molar-refractivity contribution in [3.63, 3.8) is 0 Å². The third-order valence-electron chi connectivity index (χ3n) is 5.09. The van der Waals surface area contributed by atoms with Gasteiger partial charge in [-0.1, -0.05) is 18.2 Å². The van der Waals surface area contributed by atoms with E-state index in [9.17, 15) is 19.2 Å². The molecule has 4 N–H and O–H groups in total. The molecule has 0 radical (unpaired) electrons. The average molecular weight is 387 g/mol. The van der Waals surface area contributed by atoms with Crippen LogP contribution in [-0.4, -0.2) is 78.2 Å². The van der Waals surface area contributed by atoms with Gasteiger partial charge in [0.2, 0.25) is 17.7 Å². The van der Waals surface area contributed by atoms with E-state index in [2.05, 4.69) is 10.6 Å². The first-order valence-electron chi connectivity index (χ1n) is 9.43. The molecule has 0 saturated carbocycles. The monoisotopic (exact) mass is 387 g/mol. The van der Waals surface area contributed by atoms with Gasteiger partial charge in [-0.25, -0.2) is 0 Å². The molecular formula is C19H25N5O4. The number of nitrogens with two attached hydrogens (primary N) is 1. The van der Waals surface area contributed by atoms with Crippen LogP contribution < -0.4 is 16.4 Å². The maximum Gasteiger partial charge on any atom is 0.254 e. The summed E-state index contributed by atoms with van der Waals surface area (Å²) < 4.78 is 0. The quantitative estimate of drug-likeness (QED) is 0.592. The molecule has 1 aromatic rings. The van der Waals surface area contributed by atoms with Crippen LogP contribution in [-0.2, 0) is 14.4 Å². The lowest BCUT2D eigenvalue weighted by Gasteiger charge is -2.41. The summed E-state index contributed by atoms with van der Waals surface area (Å²) >= 11 is 0. The van der Waals surface area contributed by atoms with Gasteiger partial charge in [-0.3, -0.25) is 19.2 Å². The van der Waals surface area contributed by atoms with Gasteiger partial charge in [-0.05, 0) is 25.0 Å². The Balaban J connectivity index is 1.79. The molecule has 0 unspecified atom stereocenters. The van der Waals surface area contributed by atoms with E-state index in [0.717, 1.165) is 6.42 Å². The Morgan fingerprint density at radius 1 is 1.18 bits per heavy atom. The molecule has 2 aliphatic heterocycles. The van der Waals surface area contributed by atoms with Crippen LogP contribution in [0.1, 0.15) is 23.2 Å². The number of nitrogens with one attached hydrogen (secondary N) is 2. The van der Waals surface area contributed by atoms with Crippen LogP contribution in [0.25, 0.3) is 0 Å². The first kappa shape index (κ1) is 19.8. The highest BCUT2D eigenvalue weighted by Crippen LogP contribution is 2.16. The zero-order valence-corrected chi connectivity index (χ0v) is 15.6. The summed E-state index contributed by atoms with van der Waals surface area (Å²) in [6.07, 6.45) is 1.31. The van der Waals surface area contributed by atoms with Crippen molar-refractivity contribution in [3.8, 4) is 0 Å². The Morgan fingerprint density at radius 3 is 2.61 bits per heavy atom. The summed E-state index contributed by atoms with van der Waals surface area (Å²) in [5.41, 5.74) is 5.92. The first-order chi connectivity index (χ1) is 13.5. The molecular weight excluding hydrogens is 362 g/mol. The fourth-order valence-corrected chi connectivity index (χ4v) is 3.53. The molecule has 9 nitrogen and oxygen atoms in total. The molecule has 2 atom stereocenters. The van der Waals surface area contributed by atoms with Gasteiger partial charge in [0, 0.05) is 25.2 Å². The van der Waals surface area contributed by atoms with E-state index in [-0.39, 0.29) is 37.4 Å². The fraction of sp³-hybridized carbons (Fsp3) is 0.474. The van der Waals surface area contributed by atoms with Crippen LogP contribution in [0.5, 0.6) is 0 Å². The molecule has 28 heavy (non-hydrogen) atoms. The molecule has 9 heteroatoms. The zero-order chi connectivity index (χ0) is 20.1. The highest BCUT2D eigenvalue weighted by molar-refractivity contribution is 5.99. The lowest BCUT2D eigenvalue weighted by Crippen LogP contribution is -2.64. The number of benzene rings is 1. The van der Waals surface area contributed by atoms with Crippen molar-refractivity contribution in [1.29, 1.82) is 0 Å². The molecule has 3 rings (SSSR count).